The van der Waals surface area contributed by atoms with Gasteiger partial charge >= 0.3 is 0 Å². The van der Waals surface area contributed by atoms with Crippen molar-refractivity contribution in [2.24, 2.45) is 5.11 Å². The normalized spacial score (nSPS) is 26.1. The molecule has 0 aromatic heterocycles. The zero-order valence-electron chi connectivity index (χ0n) is 10.6. The quantitative estimate of drug-likeness (QED) is 0.368. The third-order valence-electron chi connectivity index (χ3n) is 3.10. The Hall–Kier alpha value is -1.59. The zero-order chi connectivity index (χ0) is 13.5. The van der Waals surface area contributed by atoms with Gasteiger partial charge in [0.25, 0.3) is 0 Å². The summed E-state index contributed by atoms with van der Waals surface area (Å²) in [7, 11) is 0. The minimum absolute atomic E-state index is 0.215. The van der Waals surface area contributed by atoms with E-state index in [1.807, 2.05) is 30.3 Å². The van der Waals surface area contributed by atoms with Gasteiger partial charge in [0.05, 0.1) is 31.5 Å². The molecule has 1 fully saturated rings. The highest BCUT2D eigenvalue weighted by atomic mass is 16.5. The van der Waals surface area contributed by atoms with E-state index in [-0.39, 0.29) is 12.7 Å². The molecule has 0 radical (unpaired) electrons. The van der Waals surface area contributed by atoms with Gasteiger partial charge in [0.15, 0.2) is 0 Å². The second-order valence-corrected chi connectivity index (χ2v) is 4.46. The summed E-state index contributed by atoms with van der Waals surface area (Å²) >= 11 is 0. The number of azide groups is 1. The number of ether oxygens (including phenoxy) is 2. The first-order chi connectivity index (χ1) is 9.31. The van der Waals surface area contributed by atoms with E-state index in [0.717, 1.165) is 5.56 Å². The van der Waals surface area contributed by atoms with Crippen LogP contribution in [0.3, 0.4) is 0 Å². The third-order valence-corrected chi connectivity index (χ3v) is 3.10. The Morgan fingerprint density at radius 3 is 2.95 bits per heavy atom. The van der Waals surface area contributed by atoms with Crippen LogP contribution in [0.2, 0.25) is 0 Å². The van der Waals surface area contributed by atoms with Crippen LogP contribution in [-0.2, 0) is 16.1 Å². The van der Waals surface area contributed by atoms with Crippen molar-refractivity contribution in [1.29, 1.82) is 0 Å². The van der Waals surface area contributed by atoms with Crippen LogP contribution >= 0.6 is 0 Å². The van der Waals surface area contributed by atoms with Crippen LogP contribution in [0.25, 0.3) is 10.4 Å². The average molecular weight is 263 g/mol. The van der Waals surface area contributed by atoms with Crippen LogP contribution in [0, 0.1) is 0 Å². The molecule has 6 nitrogen and oxygen atoms in total. The monoisotopic (exact) mass is 263 g/mol. The van der Waals surface area contributed by atoms with E-state index in [0.29, 0.717) is 19.6 Å². The molecule has 0 amide bonds. The molecule has 0 aliphatic carbocycles. The Morgan fingerprint density at radius 2 is 2.21 bits per heavy atom. The molecule has 1 aromatic carbocycles. The van der Waals surface area contributed by atoms with Gasteiger partial charge in [-0.2, -0.15) is 0 Å². The minimum Gasteiger partial charge on any atom is -0.390 e. The van der Waals surface area contributed by atoms with Gasteiger partial charge in [-0.3, -0.25) is 0 Å². The van der Waals surface area contributed by atoms with Crippen LogP contribution in [-0.4, -0.2) is 36.6 Å². The van der Waals surface area contributed by atoms with Gasteiger partial charge in [-0.05, 0) is 17.5 Å². The van der Waals surface area contributed by atoms with Crippen LogP contribution in [0.1, 0.15) is 12.0 Å². The molecule has 6 heteroatoms. The van der Waals surface area contributed by atoms with Crippen molar-refractivity contribution in [1.82, 2.24) is 0 Å². The second kappa shape index (κ2) is 7.11. The highest BCUT2D eigenvalue weighted by Gasteiger charge is 2.34. The van der Waals surface area contributed by atoms with Crippen molar-refractivity contribution in [3.63, 3.8) is 0 Å². The molecular weight excluding hydrogens is 246 g/mol. The Morgan fingerprint density at radius 1 is 1.42 bits per heavy atom. The predicted octanol–water partition coefficient (Wildman–Crippen LogP) is 2.03. The van der Waals surface area contributed by atoms with Gasteiger partial charge < -0.3 is 14.6 Å². The van der Waals surface area contributed by atoms with E-state index < -0.39 is 12.1 Å². The topological polar surface area (TPSA) is 87.5 Å². The summed E-state index contributed by atoms with van der Waals surface area (Å²) in [6.07, 6.45) is -0.371. The molecule has 102 valence electrons. The molecule has 1 aliphatic heterocycles. The molecule has 0 saturated carbocycles. The fraction of sp³-hybridized carbons (Fsp3) is 0.538. The first-order valence-electron chi connectivity index (χ1n) is 6.27. The summed E-state index contributed by atoms with van der Waals surface area (Å²) < 4.78 is 10.9. The number of hydrogen-bond acceptors (Lipinski definition) is 4. The third kappa shape index (κ3) is 3.94. The first kappa shape index (κ1) is 13.8. The van der Waals surface area contributed by atoms with Crippen molar-refractivity contribution in [3.8, 4) is 0 Å². The zero-order valence-corrected chi connectivity index (χ0v) is 10.6. The van der Waals surface area contributed by atoms with E-state index in [1.54, 1.807) is 0 Å². The van der Waals surface area contributed by atoms with Crippen molar-refractivity contribution in [2.45, 2.75) is 31.3 Å². The molecule has 19 heavy (non-hydrogen) atoms. The van der Waals surface area contributed by atoms with Crippen LogP contribution < -0.4 is 0 Å². The molecule has 0 unspecified atom stereocenters. The molecular formula is C13H17N3O3. The van der Waals surface area contributed by atoms with E-state index >= 15 is 0 Å². The lowest BCUT2D eigenvalue weighted by molar-refractivity contribution is 0.0464. The van der Waals surface area contributed by atoms with E-state index in [2.05, 4.69) is 10.0 Å². The maximum atomic E-state index is 9.59. The lowest BCUT2D eigenvalue weighted by Gasteiger charge is -2.15. The van der Waals surface area contributed by atoms with E-state index in [9.17, 15) is 5.11 Å². The van der Waals surface area contributed by atoms with Crippen molar-refractivity contribution >= 4 is 0 Å². The fourth-order valence-electron chi connectivity index (χ4n) is 2.10. The average Bonchev–Trinajstić information content (AvgIpc) is 2.78. The van der Waals surface area contributed by atoms with Crippen LogP contribution in [0.4, 0.5) is 0 Å². The highest BCUT2D eigenvalue weighted by Crippen LogP contribution is 2.21. The summed E-state index contributed by atoms with van der Waals surface area (Å²) in [5, 5.41) is 13.2. The Bertz CT molecular complexity index is 434. The molecule has 1 N–H and O–H groups in total. The lowest BCUT2D eigenvalue weighted by Crippen LogP contribution is -2.28. The Kier molecular flexibility index (Phi) is 5.18. The molecule has 0 spiro atoms. The van der Waals surface area contributed by atoms with Crippen LogP contribution in [0.5, 0.6) is 0 Å². The maximum Gasteiger partial charge on any atom is 0.0918 e. The van der Waals surface area contributed by atoms with E-state index in [1.165, 1.54) is 0 Å². The summed E-state index contributed by atoms with van der Waals surface area (Å²) in [6, 6.07) is 9.38. The van der Waals surface area contributed by atoms with Gasteiger partial charge in [0.2, 0.25) is 0 Å². The van der Waals surface area contributed by atoms with Gasteiger partial charge in [0.1, 0.15) is 0 Å². The van der Waals surface area contributed by atoms with Crippen LogP contribution in [0.15, 0.2) is 35.4 Å². The number of aliphatic hydroxyl groups excluding tert-OH is 1. The van der Waals surface area contributed by atoms with Crippen molar-refractivity contribution in [2.75, 3.05) is 13.2 Å². The lowest BCUT2D eigenvalue weighted by atomic mass is 10.1. The maximum absolute atomic E-state index is 9.59. The molecule has 2 rings (SSSR count). The first-order valence-corrected chi connectivity index (χ1v) is 6.27. The SMILES string of the molecule is [N-]=[N+]=N[C@H]1[C@H](CCOCc2ccccc2)OC[C@@H]1O. The fourth-order valence-corrected chi connectivity index (χ4v) is 2.10. The second-order valence-electron chi connectivity index (χ2n) is 4.46. The molecule has 0 bridgehead atoms. The molecule has 1 aliphatic rings. The predicted molar refractivity (Wildman–Crippen MR) is 69.4 cm³/mol. The molecule has 1 aromatic rings. The number of nitrogens with zero attached hydrogens (tertiary/aromatic N) is 3. The Labute approximate surface area is 111 Å². The molecule has 1 heterocycles. The minimum atomic E-state index is -0.713. The largest absolute Gasteiger partial charge is 0.390 e. The Balaban J connectivity index is 1.72. The highest BCUT2D eigenvalue weighted by molar-refractivity contribution is 5.13. The van der Waals surface area contributed by atoms with Gasteiger partial charge in [0, 0.05) is 11.5 Å². The summed E-state index contributed by atoms with van der Waals surface area (Å²) in [5.41, 5.74) is 9.56. The van der Waals surface area contributed by atoms with Gasteiger partial charge in [-0.25, -0.2) is 0 Å². The number of aliphatic hydroxyl groups is 1. The number of benzene rings is 1. The summed E-state index contributed by atoms with van der Waals surface area (Å²) in [6.45, 7) is 1.26. The summed E-state index contributed by atoms with van der Waals surface area (Å²) in [4.78, 5) is 2.74. The standard InChI is InChI=1S/C13H17N3O3/c14-16-15-13-11(17)9-19-12(13)6-7-18-8-10-4-2-1-3-5-10/h1-5,11-13,17H,6-9H2/t11-,12-,13+/m0/s1. The van der Waals surface area contributed by atoms with Crippen molar-refractivity contribution < 1.29 is 14.6 Å². The number of hydrogen-bond donors (Lipinski definition) is 1. The van der Waals surface area contributed by atoms with Crippen molar-refractivity contribution in [3.05, 3.63) is 46.3 Å². The molecule has 3 atom stereocenters. The molecule has 1 saturated heterocycles. The smallest absolute Gasteiger partial charge is 0.0918 e. The summed E-state index contributed by atoms with van der Waals surface area (Å²) in [5.74, 6) is 0. The van der Waals surface area contributed by atoms with Gasteiger partial charge in [-0.15, -0.1) is 0 Å². The van der Waals surface area contributed by atoms with E-state index in [4.69, 9.17) is 15.0 Å². The van der Waals surface area contributed by atoms with Gasteiger partial charge in [-0.1, -0.05) is 35.4 Å². The number of rotatable bonds is 6.